The molecule has 3 nitrogen and oxygen atoms in total. The molecule has 1 rings (SSSR count). The fourth-order valence-electron chi connectivity index (χ4n) is 1.18. The van der Waals surface area contributed by atoms with Crippen LogP contribution in [0.3, 0.4) is 0 Å². The van der Waals surface area contributed by atoms with Crippen LogP contribution in [0.4, 0.5) is 23.7 Å². The predicted octanol–water partition coefficient (Wildman–Crippen LogP) is 2.74. The Bertz CT molecular complexity index is 420. The summed E-state index contributed by atoms with van der Waals surface area (Å²) in [5, 5.41) is 0. The fraction of sp³-hybridized carbons (Fsp3) is 0.222. The average Bonchev–Trinajstić information content (AvgIpc) is 2.14. The summed E-state index contributed by atoms with van der Waals surface area (Å²) in [4.78, 5) is 10.8. The maximum absolute atomic E-state index is 12.6. The zero-order valence-electron chi connectivity index (χ0n) is 8.25. The van der Waals surface area contributed by atoms with Gasteiger partial charge in [0.1, 0.15) is 0 Å². The van der Waals surface area contributed by atoms with Crippen LogP contribution in [0.5, 0.6) is 0 Å². The zero-order chi connectivity index (χ0) is 12.5. The third kappa shape index (κ3) is 2.60. The number of nitrogens with zero attached hydrogens (tertiary/aromatic N) is 1. The van der Waals surface area contributed by atoms with Crippen molar-refractivity contribution in [2.24, 2.45) is 5.73 Å². The number of amides is 2. The molecule has 0 aliphatic heterocycles. The number of nitrogens with two attached hydrogens (primary N) is 1. The van der Waals surface area contributed by atoms with Gasteiger partial charge in [-0.2, -0.15) is 13.2 Å². The van der Waals surface area contributed by atoms with Crippen molar-refractivity contribution in [3.63, 3.8) is 0 Å². The highest BCUT2D eigenvalue weighted by Gasteiger charge is 2.35. The lowest BCUT2D eigenvalue weighted by Gasteiger charge is -2.19. The van der Waals surface area contributed by atoms with E-state index in [0.717, 1.165) is 6.07 Å². The Morgan fingerprint density at radius 2 is 2.00 bits per heavy atom. The van der Waals surface area contributed by atoms with E-state index in [-0.39, 0.29) is 5.69 Å². The molecule has 0 saturated carbocycles. The van der Waals surface area contributed by atoms with E-state index in [1.807, 2.05) is 0 Å². The molecule has 1 aromatic rings. The van der Waals surface area contributed by atoms with Crippen LogP contribution in [0.2, 0.25) is 0 Å². The molecule has 0 saturated heterocycles. The van der Waals surface area contributed by atoms with E-state index in [0.29, 0.717) is 9.87 Å². The monoisotopic (exact) mass is 250 g/mol. The second-order valence-electron chi connectivity index (χ2n) is 3.17. The number of alkyl halides is 3. The smallest absolute Gasteiger partial charge is 0.350 e. The molecule has 0 spiro atoms. The largest absolute Gasteiger partial charge is 0.418 e. The highest BCUT2D eigenvalue weighted by Crippen LogP contribution is 2.37. The van der Waals surface area contributed by atoms with Crippen LogP contribution in [-0.4, -0.2) is 6.03 Å². The van der Waals surface area contributed by atoms with Crippen LogP contribution >= 0.6 is 12.8 Å². The van der Waals surface area contributed by atoms with Gasteiger partial charge in [0.25, 0.3) is 0 Å². The van der Waals surface area contributed by atoms with Crippen LogP contribution in [0, 0.1) is 6.92 Å². The van der Waals surface area contributed by atoms with E-state index in [1.165, 1.54) is 12.1 Å². The minimum atomic E-state index is -4.56. The first kappa shape index (κ1) is 12.7. The molecule has 0 bridgehead atoms. The summed E-state index contributed by atoms with van der Waals surface area (Å²) in [5.41, 5.74) is 4.12. The summed E-state index contributed by atoms with van der Waals surface area (Å²) < 4.78 is 38.2. The molecule has 7 heteroatoms. The number of aryl methyl sites for hydroxylation is 1. The Hall–Kier alpha value is -1.37. The summed E-state index contributed by atoms with van der Waals surface area (Å²) in [5.74, 6) is 0. The van der Waals surface area contributed by atoms with E-state index < -0.39 is 17.8 Å². The molecule has 2 N–H and O–H groups in total. The molecule has 88 valence electrons. The molecule has 0 aliphatic rings. The molecule has 2 amide bonds. The first-order chi connectivity index (χ1) is 7.23. The van der Waals surface area contributed by atoms with Crippen LogP contribution < -0.4 is 10.0 Å². The van der Waals surface area contributed by atoms with E-state index >= 15 is 0 Å². The third-order valence-corrected chi connectivity index (χ3v) is 2.31. The van der Waals surface area contributed by atoms with Gasteiger partial charge in [-0.05, 0) is 24.6 Å². The highest BCUT2D eigenvalue weighted by atomic mass is 32.1. The standard InChI is InChI=1S/C9H9F3N2OS/c1-5-2-3-6(9(10,11)12)7(4-5)14(16)8(13)15/h2-4,16H,1H3,(H2,13,15). The topological polar surface area (TPSA) is 46.3 Å². The number of urea groups is 1. The molecule has 0 fully saturated rings. The maximum Gasteiger partial charge on any atom is 0.418 e. The number of carbonyl (C=O) groups excluding carboxylic acids is 1. The van der Waals surface area contributed by atoms with Crippen molar-refractivity contribution in [2.45, 2.75) is 13.1 Å². The van der Waals surface area contributed by atoms with Gasteiger partial charge in [-0.25, -0.2) is 9.10 Å². The first-order valence-corrected chi connectivity index (χ1v) is 4.59. The van der Waals surface area contributed by atoms with E-state index in [1.54, 1.807) is 6.92 Å². The number of benzene rings is 1. The minimum Gasteiger partial charge on any atom is -0.350 e. The fourth-order valence-corrected chi connectivity index (χ4v) is 1.34. The number of halogens is 3. The average molecular weight is 250 g/mol. The number of primary amides is 1. The highest BCUT2D eigenvalue weighted by molar-refractivity contribution is 7.82. The predicted molar refractivity (Wildman–Crippen MR) is 57.2 cm³/mol. The molecule has 0 heterocycles. The number of carbonyl (C=O) groups is 1. The second-order valence-corrected chi connectivity index (χ2v) is 3.57. The normalized spacial score (nSPS) is 11.3. The molecule has 16 heavy (non-hydrogen) atoms. The van der Waals surface area contributed by atoms with Crippen molar-refractivity contribution in [3.05, 3.63) is 29.3 Å². The van der Waals surface area contributed by atoms with Gasteiger partial charge in [-0.3, -0.25) is 0 Å². The molecular formula is C9H9F3N2OS. The van der Waals surface area contributed by atoms with Crippen molar-refractivity contribution in [1.82, 2.24) is 0 Å². The summed E-state index contributed by atoms with van der Waals surface area (Å²) in [6.07, 6.45) is -4.56. The Balaban J connectivity index is 3.35. The van der Waals surface area contributed by atoms with Gasteiger partial charge in [0, 0.05) is 0 Å². The number of rotatable bonds is 1. The van der Waals surface area contributed by atoms with Gasteiger partial charge in [-0.15, -0.1) is 0 Å². The molecule has 0 atom stereocenters. The van der Waals surface area contributed by atoms with Gasteiger partial charge < -0.3 is 5.73 Å². The second kappa shape index (κ2) is 4.25. The lowest BCUT2D eigenvalue weighted by molar-refractivity contribution is -0.137. The Kier molecular flexibility index (Phi) is 3.37. The number of anilines is 1. The van der Waals surface area contributed by atoms with Crippen molar-refractivity contribution < 1.29 is 18.0 Å². The molecule has 0 aliphatic carbocycles. The SMILES string of the molecule is Cc1ccc(C(F)(F)F)c(N(S)C(N)=O)c1. The van der Waals surface area contributed by atoms with E-state index in [9.17, 15) is 18.0 Å². The zero-order valence-corrected chi connectivity index (χ0v) is 9.14. The van der Waals surface area contributed by atoms with Crippen molar-refractivity contribution in [1.29, 1.82) is 0 Å². The summed E-state index contributed by atoms with van der Waals surface area (Å²) in [7, 11) is 0. The van der Waals surface area contributed by atoms with Gasteiger partial charge in [0.2, 0.25) is 0 Å². The number of hydrogen-bond donors (Lipinski definition) is 2. The van der Waals surface area contributed by atoms with Gasteiger partial charge in [0.15, 0.2) is 0 Å². The van der Waals surface area contributed by atoms with Gasteiger partial charge >= 0.3 is 12.2 Å². The quantitative estimate of drug-likeness (QED) is 0.740. The Morgan fingerprint density at radius 1 is 1.44 bits per heavy atom. The van der Waals surface area contributed by atoms with Crippen LogP contribution in [-0.2, 0) is 6.18 Å². The molecule has 1 aromatic carbocycles. The van der Waals surface area contributed by atoms with E-state index in [2.05, 4.69) is 12.8 Å². The van der Waals surface area contributed by atoms with Crippen molar-refractivity contribution in [2.75, 3.05) is 4.31 Å². The summed E-state index contributed by atoms with van der Waals surface area (Å²) in [6.45, 7) is 1.60. The Morgan fingerprint density at radius 3 is 2.44 bits per heavy atom. The van der Waals surface area contributed by atoms with Crippen LogP contribution in [0.1, 0.15) is 11.1 Å². The van der Waals surface area contributed by atoms with Crippen LogP contribution in [0.25, 0.3) is 0 Å². The lowest BCUT2D eigenvalue weighted by Crippen LogP contribution is -2.29. The molecular weight excluding hydrogens is 241 g/mol. The molecule has 0 unspecified atom stereocenters. The minimum absolute atomic E-state index is 0.372. The maximum atomic E-state index is 12.6. The van der Waals surface area contributed by atoms with Crippen LogP contribution in [0.15, 0.2) is 18.2 Å². The number of hydrogen-bond acceptors (Lipinski definition) is 2. The number of thiol groups is 1. The lowest BCUT2D eigenvalue weighted by atomic mass is 10.1. The molecule has 0 aromatic heterocycles. The summed E-state index contributed by atoms with van der Waals surface area (Å²) >= 11 is 3.62. The van der Waals surface area contributed by atoms with Crippen molar-refractivity contribution in [3.8, 4) is 0 Å². The van der Waals surface area contributed by atoms with Gasteiger partial charge in [-0.1, -0.05) is 18.9 Å². The van der Waals surface area contributed by atoms with E-state index in [4.69, 9.17) is 5.73 Å². The third-order valence-electron chi connectivity index (χ3n) is 1.90. The Labute approximate surface area is 95.6 Å². The van der Waals surface area contributed by atoms with Gasteiger partial charge in [0.05, 0.1) is 11.3 Å². The van der Waals surface area contributed by atoms with Crippen molar-refractivity contribution >= 4 is 24.5 Å². The summed E-state index contributed by atoms with van der Waals surface area (Å²) in [6, 6.07) is 2.31. The molecule has 0 radical (unpaired) electrons. The first-order valence-electron chi connectivity index (χ1n) is 4.19.